The molecule has 0 saturated heterocycles. The predicted molar refractivity (Wildman–Crippen MR) is 113 cm³/mol. The molecule has 0 spiro atoms. The van der Waals surface area contributed by atoms with Crippen molar-refractivity contribution < 1.29 is 4.92 Å². The van der Waals surface area contributed by atoms with Gasteiger partial charge in [0.25, 0.3) is 0 Å². The van der Waals surface area contributed by atoms with Crippen LogP contribution in [-0.2, 0) is 6.42 Å². The highest BCUT2D eigenvalue weighted by Crippen LogP contribution is 2.41. The lowest BCUT2D eigenvalue weighted by Gasteiger charge is -2.18. The number of anilines is 4. The molecule has 0 atom stereocenters. The second-order valence-corrected chi connectivity index (χ2v) is 7.83. The summed E-state index contributed by atoms with van der Waals surface area (Å²) < 4.78 is 1.01. The number of benzene rings is 2. The Balaban J connectivity index is 1.57. The van der Waals surface area contributed by atoms with E-state index in [9.17, 15) is 10.1 Å². The first-order chi connectivity index (χ1) is 14.1. The fraction of sp³-hybridized carbons (Fsp3) is 0.150. The molecule has 144 valence electrons. The van der Waals surface area contributed by atoms with E-state index in [2.05, 4.69) is 20.3 Å². The monoisotopic (exact) mass is 404 g/mol. The Morgan fingerprint density at radius 1 is 1.21 bits per heavy atom. The topological polar surface area (TPSA) is 97.1 Å². The summed E-state index contributed by atoms with van der Waals surface area (Å²) in [6.45, 7) is 2.65. The quantitative estimate of drug-likeness (QED) is 0.387. The van der Waals surface area contributed by atoms with Gasteiger partial charge in [-0.3, -0.25) is 10.1 Å². The van der Waals surface area contributed by atoms with Crippen LogP contribution in [-0.4, -0.2) is 26.4 Å². The summed E-state index contributed by atoms with van der Waals surface area (Å²) in [7, 11) is 0. The molecule has 8 nitrogen and oxygen atoms in total. The molecule has 2 aromatic heterocycles. The number of para-hydroxylation sites is 1. The van der Waals surface area contributed by atoms with Crippen LogP contribution in [0.4, 0.5) is 28.1 Å². The lowest BCUT2D eigenvalue weighted by atomic mass is 10.2. The number of nitro groups is 1. The molecule has 0 bridgehead atoms. The van der Waals surface area contributed by atoms with Gasteiger partial charge in [-0.25, -0.2) is 15.0 Å². The van der Waals surface area contributed by atoms with Crippen molar-refractivity contribution in [3.63, 3.8) is 0 Å². The maximum Gasteiger partial charge on any atom is 0.354 e. The van der Waals surface area contributed by atoms with Crippen molar-refractivity contribution in [1.82, 2.24) is 15.0 Å². The van der Waals surface area contributed by atoms with Crippen molar-refractivity contribution in [3.8, 4) is 0 Å². The molecule has 2 aromatic carbocycles. The third-order valence-electron chi connectivity index (χ3n) is 4.90. The van der Waals surface area contributed by atoms with Gasteiger partial charge in [0.05, 0.1) is 15.1 Å². The van der Waals surface area contributed by atoms with Crippen molar-refractivity contribution in [1.29, 1.82) is 0 Å². The number of rotatable bonds is 4. The molecule has 1 N–H and O–H groups in total. The number of fused-ring (bicyclic) bond motifs is 2. The van der Waals surface area contributed by atoms with Crippen LogP contribution in [0.2, 0.25) is 0 Å². The number of aryl methyl sites for hydroxylation is 1. The van der Waals surface area contributed by atoms with Gasteiger partial charge < -0.3 is 10.2 Å². The molecule has 0 amide bonds. The number of thiazole rings is 1. The van der Waals surface area contributed by atoms with Crippen LogP contribution in [0.15, 0.2) is 48.8 Å². The molecule has 0 unspecified atom stereocenters. The molecule has 1 aliphatic heterocycles. The van der Waals surface area contributed by atoms with Crippen LogP contribution in [0.3, 0.4) is 0 Å². The molecule has 3 heterocycles. The first-order valence-electron chi connectivity index (χ1n) is 9.09. The number of hydrogen-bond acceptors (Lipinski definition) is 8. The van der Waals surface area contributed by atoms with E-state index in [4.69, 9.17) is 0 Å². The summed E-state index contributed by atoms with van der Waals surface area (Å²) in [5.41, 5.74) is 3.91. The van der Waals surface area contributed by atoms with Gasteiger partial charge in [0.2, 0.25) is 11.6 Å². The number of nitrogens with one attached hydrogen (secondary N) is 1. The van der Waals surface area contributed by atoms with Crippen molar-refractivity contribution in [3.05, 3.63) is 70.0 Å². The Morgan fingerprint density at radius 2 is 2.07 bits per heavy atom. The van der Waals surface area contributed by atoms with Crippen LogP contribution in [0.5, 0.6) is 0 Å². The third-order valence-corrected chi connectivity index (χ3v) is 5.83. The molecule has 4 aromatic rings. The fourth-order valence-corrected chi connectivity index (χ4v) is 4.53. The van der Waals surface area contributed by atoms with Gasteiger partial charge in [0.1, 0.15) is 6.33 Å². The Bertz CT molecular complexity index is 1250. The van der Waals surface area contributed by atoms with Crippen molar-refractivity contribution >= 4 is 49.7 Å². The summed E-state index contributed by atoms with van der Waals surface area (Å²) >= 11 is 1.43. The number of aromatic nitrogens is 3. The standard InChI is InChI=1S/C20H16N6O2S/c1-12-6-7-14-16(10-12)29-20(23-14)24-18-17(26(27)28)19(22-11-21-18)25-9-8-13-4-2-3-5-15(13)25/h2-7,10-11H,8-9H2,1H3,(H,21,22,23,24). The largest absolute Gasteiger partial charge is 0.354 e. The lowest BCUT2D eigenvalue weighted by molar-refractivity contribution is -0.383. The number of nitrogens with zero attached hydrogens (tertiary/aromatic N) is 5. The van der Waals surface area contributed by atoms with Crippen molar-refractivity contribution in [2.45, 2.75) is 13.3 Å². The second kappa shape index (κ2) is 6.78. The molecular formula is C20H16N6O2S. The average Bonchev–Trinajstić information content (AvgIpc) is 3.30. The molecule has 0 aliphatic carbocycles. The molecule has 0 fully saturated rings. The molecular weight excluding hydrogens is 388 g/mol. The van der Waals surface area contributed by atoms with Gasteiger partial charge in [0.15, 0.2) is 5.13 Å². The maximum absolute atomic E-state index is 12.0. The minimum atomic E-state index is -0.434. The highest BCUT2D eigenvalue weighted by Gasteiger charge is 2.31. The Hall–Kier alpha value is -3.59. The summed E-state index contributed by atoms with van der Waals surface area (Å²) in [6, 6.07) is 13.8. The van der Waals surface area contributed by atoms with Gasteiger partial charge in [0, 0.05) is 12.2 Å². The summed E-state index contributed by atoms with van der Waals surface area (Å²) in [6.07, 6.45) is 2.17. The smallest absolute Gasteiger partial charge is 0.320 e. The lowest BCUT2D eigenvalue weighted by Crippen LogP contribution is -2.17. The first kappa shape index (κ1) is 17.5. The number of hydrogen-bond donors (Lipinski definition) is 1. The summed E-state index contributed by atoms with van der Waals surface area (Å²) in [4.78, 5) is 26.3. The predicted octanol–water partition coefficient (Wildman–Crippen LogP) is 4.74. The molecule has 9 heteroatoms. The van der Waals surface area contributed by atoms with E-state index in [-0.39, 0.29) is 17.3 Å². The third kappa shape index (κ3) is 3.05. The van der Waals surface area contributed by atoms with Crippen LogP contribution in [0, 0.1) is 17.0 Å². The average molecular weight is 404 g/mol. The van der Waals surface area contributed by atoms with Crippen LogP contribution >= 0.6 is 11.3 Å². The second-order valence-electron chi connectivity index (χ2n) is 6.80. The van der Waals surface area contributed by atoms with E-state index in [1.807, 2.05) is 54.3 Å². The van der Waals surface area contributed by atoms with Crippen molar-refractivity contribution in [2.75, 3.05) is 16.8 Å². The van der Waals surface area contributed by atoms with Crippen LogP contribution in [0.25, 0.3) is 10.2 Å². The van der Waals surface area contributed by atoms with Gasteiger partial charge in [-0.15, -0.1) is 0 Å². The highest BCUT2D eigenvalue weighted by atomic mass is 32.1. The zero-order valence-corrected chi connectivity index (χ0v) is 16.3. The van der Waals surface area contributed by atoms with E-state index in [1.54, 1.807) is 0 Å². The normalized spacial score (nSPS) is 12.9. The summed E-state index contributed by atoms with van der Waals surface area (Å²) in [5.74, 6) is 0.426. The Labute approximate surface area is 170 Å². The van der Waals surface area contributed by atoms with Gasteiger partial charge in [-0.2, -0.15) is 0 Å². The first-order valence-corrected chi connectivity index (χ1v) is 9.91. The van der Waals surface area contributed by atoms with E-state index < -0.39 is 4.92 Å². The molecule has 5 rings (SSSR count). The summed E-state index contributed by atoms with van der Waals surface area (Å²) in [5, 5.41) is 15.6. The SMILES string of the molecule is Cc1ccc2nc(Nc3ncnc(N4CCc5ccccc54)c3[N+](=O)[O-])sc2c1. The van der Waals surface area contributed by atoms with E-state index in [1.165, 1.54) is 17.7 Å². The Morgan fingerprint density at radius 3 is 2.93 bits per heavy atom. The highest BCUT2D eigenvalue weighted by molar-refractivity contribution is 7.22. The Kier molecular flexibility index (Phi) is 4.09. The molecule has 29 heavy (non-hydrogen) atoms. The van der Waals surface area contributed by atoms with Gasteiger partial charge in [-0.1, -0.05) is 35.6 Å². The van der Waals surface area contributed by atoms with Crippen LogP contribution < -0.4 is 10.2 Å². The minimum Gasteiger partial charge on any atom is -0.320 e. The van der Waals surface area contributed by atoms with Crippen molar-refractivity contribution in [2.24, 2.45) is 0 Å². The molecule has 1 aliphatic rings. The maximum atomic E-state index is 12.0. The van der Waals surface area contributed by atoms with Gasteiger partial charge >= 0.3 is 5.69 Å². The van der Waals surface area contributed by atoms with Crippen LogP contribution in [0.1, 0.15) is 11.1 Å². The zero-order valence-electron chi connectivity index (χ0n) is 15.5. The minimum absolute atomic E-state index is 0.139. The van der Waals surface area contributed by atoms with E-state index in [0.29, 0.717) is 11.7 Å². The van der Waals surface area contributed by atoms with E-state index in [0.717, 1.165) is 33.5 Å². The zero-order chi connectivity index (χ0) is 20.0. The fourth-order valence-electron chi connectivity index (χ4n) is 3.57. The van der Waals surface area contributed by atoms with E-state index >= 15 is 0 Å². The molecule has 0 radical (unpaired) electrons. The van der Waals surface area contributed by atoms with Gasteiger partial charge in [-0.05, 0) is 42.7 Å². The molecule has 0 saturated carbocycles.